The minimum Gasteiger partial charge on any atom is -0.480 e. The van der Waals surface area contributed by atoms with Crippen molar-refractivity contribution in [1.82, 2.24) is 15.3 Å². The summed E-state index contributed by atoms with van der Waals surface area (Å²) in [6, 6.07) is 7.25. The molecule has 3 rings (SSSR count). The van der Waals surface area contributed by atoms with Crippen LogP contribution in [0.4, 0.5) is 0 Å². The van der Waals surface area contributed by atoms with Crippen LogP contribution in [-0.4, -0.2) is 82.5 Å². The minimum absolute atomic E-state index is 0.0724. The number of hydrazine groups is 1. The summed E-state index contributed by atoms with van der Waals surface area (Å²) in [6.45, 7) is 5.21. The Bertz CT molecular complexity index is 900. The Morgan fingerprint density at radius 2 is 1.79 bits per heavy atom. The van der Waals surface area contributed by atoms with Gasteiger partial charge in [-0.2, -0.15) is 0 Å². The van der Waals surface area contributed by atoms with Gasteiger partial charge in [0.2, 0.25) is 0 Å². The highest BCUT2D eigenvalue weighted by Crippen LogP contribution is 2.24. The highest BCUT2D eigenvalue weighted by atomic mass is 16.9. The summed E-state index contributed by atoms with van der Waals surface area (Å²) in [6.07, 6.45) is 3.99. The third kappa shape index (κ3) is 9.56. The number of nitrogens with zero attached hydrogens (tertiary/aromatic N) is 3. The van der Waals surface area contributed by atoms with E-state index in [2.05, 4.69) is 10.2 Å². The summed E-state index contributed by atoms with van der Waals surface area (Å²) in [5, 5.41) is 25.4. The molecule has 2 N–H and O–H groups in total. The van der Waals surface area contributed by atoms with Crippen LogP contribution in [0.5, 0.6) is 0 Å². The number of carboxylic acids is 1. The number of hydrogen-bond donors (Lipinski definition) is 2. The smallest absolute Gasteiger partial charge is 0.328 e. The molecule has 2 fully saturated rings. The molecular weight excluding hydrogens is 496 g/mol. The molecule has 0 spiro atoms. The number of aryl methyl sites for hydroxylation is 1. The van der Waals surface area contributed by atoms with E-state index in [1.54, 1.807) is 0 Å². The number of ether oxygens (including phenoxy) is 1. The first kappa shape index (κ1) is 31.0. The number of hydrogen-bond acceptors (Lipinski definition) is 9. The van der Waals surface area contributed by atoms with Crippen molar-refractivity contribution in [3.8, 4) is 0 Å². The van der Waals surface area contributed by atoms with Gasteiger partial charge >= 0.3 is 11.9 Å². The predicted octanol–water partition coefficient (Wildman–Crippen LogP) is 2.59. The van der Waals surface area contributed by atoms with Gasteiger partial charge in [-0.3, -0.25) is 19.9 Å². The van der Waals surface area contributed by atoms with Crippen LogP contribution in [0.25, 0.3) is 0 Å². The van der Waals surface area contributed by atoms with Gasteiger partial charge in [0, 0.05) is 13.1 Å². The highest BCUT2D eigenvalue weighted by molar-refractivity contribution is 5.87. The minimum atomic E-state index is -1.03. The standard InChI is InChI=1S/C24H34N4O8.C2H6/c29-22-19(10-6-14-26-15-7-11-21(23(30)31)27(22)26)25-20(13-12-18-8-2-1-3-9-18)24(32)35-16-4-5-17-36-28(33)34;1-2/h1-3,8-9,19-21,25H,4-7,10-17H2,(H,30,31);1-2H3. The van der Waals surface area contributed by atoms with E-state index in [-0.39, 0.29) is 19.1 Å². The molecule has 1 amide bonds. The third-order valence-corrected chi connectivity index (χ3v) is 6.44. The predicted molar refractivity (Wildman–Crippen MR) is 138 cm³/mol. The molecule has 2 heterocycles. The molecule has 12 nitrogen and oxygen atoms in total. The number of nitrogens with one attached hydrogen (secondary N) is 1. The van der Waals surface area contributed by atoms with E-state index < -0.39 is 35.2 Å². The molecule has 0 aliphatic carbocycles. The second kappa shape index (κ2) is 16.6. The fraction of sp³-hybridized carbons (Fsp3) is 0.654. The molecule has 3 unspecified atom stereocenters. The molecule has 2 saturated heterocycles. The van der Waals surface area contributed by atoms with Crippen molar-refractivity contribution in [2.45, 2.75) is 83.3 Å². The van der Waals surface area contributed by atoms with Gasteiger partial charge in [-0.25, -0.2) is 9.80 Å². The van der Waals surface area contributed by atoms with Crippen LogP contribution in [0.2, 0.25) is 0 Å². The quantitative estimate of drug-likeness (QED) is 0.167. The lowest BCUT2D eigenvalue weighted by Gasteiger charge is -2.42. The Balaban J connectivity index is 0.00000247. The van der Waals surface area contributed by atoms with Crippen molar-refractivity contribution in [2.24, 2.45) is 0 Å². The van der Waals surface area contributed by atoms with E-state index in [0.717, 1.165) is 5.56 Å². The summed E-state index contributed by atoms with van der Waals surface area (Å²) in [4.78, 5) is 52.7. The van der Waals surface area contributed by atoms with E-state index in [1.807, 2.05) is 49.2 Å². The summed E-state index contributed by atoms with van der Waals surface area (Å²) in [7, 11) is 0. The van der Waals surface area contributed by atoms with Crippen LogP contribution in [0.1, 0.15) is 64.4 Å². The average molecular weight is 537 g/mol. The Hall–Kier alpha value is -3.25. The van der Waals surface area contributed by atoms with Crippen LogP contribution in [0, 0.1) is 10.1 Å². The topological polar surface area (TPSA) is 152 Å². The average Bonchev–Trinajstić information content (AvgIpc) is 3.08. The first-order chi connectivity index (χ1) is 18.4. The van der Waals surface area contributed by atoms with Crippen LogP contribution in [0.3, 0.4) is 0 Å². The molecule has 0 aromatic heterocycles. The summed E-state index contributed by atoms with van der Waals surface area (Å²) >= 11 is 0. The Kier molecular flexibility index (Phi) is 13.5. The number of rotatable bonds is 13. The molecule has 2 aliphatic heterocycles. The van der Waals surface area contributed by atoms with Crippen LogP contribution in [0.15, 0.2) is 30.3 Å². The van der Waals surface area contributed by atoms with Gasteiger partial charge in [-0.1, -0.05) is 44.2 Å². The van der Waals surface area contributed by atoms with Gasteiger partial charge in [0.05, 0.1) is 19.3 Å². The van der Waals surface area contributed by atoms with E-state index in [4.69, 9.17) is 4.74 Å². The maximum absolute atomic E-state index is 13.5. The number of amides is 1. The van der Waals surface area contributed by atoms with Crippen molar-refractivity contribution >= 4 is 17.8 Å². The maximum atomic E-state index is 13.5. The van der Waals surface area contributed by atoms with Gasteiger partial charge < -0.3 is 14.7 Å². The second-order valence-electron chi connectivity index (χ2n) is 9.00. The number of aliphatic carboxylic acids is 1. The number of fused-ring (bicyclic) bond motifs is 1. The SMILES string of the molecule is CC.O=C(OCCCCO[N+](=O)[O-])C(CCc1ccccc1)NC1CCCN2CCCC(C(=O)O)N2C1=O. The molecular formula is C26H40N4O8. The Labute approximate surface area is 223 Å². The fourth-order valence-corrected chi connectivity index (χ4v) is 4.63. The van der Waals surface area contributed by atoms with Crippen LogP contribution in [-0.2, 0) is 30.4 Å². The summed E-state index contributed by atoms with van der Waals surface area (Å²) in [5.41, 5.74) is 1.04. The molecule has 12 heteroatoms. The van der Waals surface area contributed by atoms with Crippen molar-refractivity contribution in [1.29, 1.82) is 0 Å². The summed E-state index contributed by atoms with van der Waals surface area (Å²) < 4.78 is 5.42. The van der Waals surface area contributed by atoms with E-state index >= 15 is 0 Å². The molecule has 0 radical (unpaired) electrons. The fourth-order valence-electron chi connectivity index (χ4n) is 4.63. The van der Waals surface area contributed by atoms with Crippen molar-refractivity contribution in [3.63, 3.8) is 0 Å². The molecule has 212 valence electrons. The van der Waals surface area contributed by atoms with E-state index in [1.165, 1.54) is 5.01 Å². The maximum Gasteiger partial charge on any atom is 0.328 e. The zero-order valence-electron chi connectivity index (χ0n) is 22.3. The first-order valence-corrected chi connectivity index (χ1v) is 13.4. The molecule has 2 aliphatic rings. The molecule has 1 aromatic carbocycles. The number of esters is 1. The van der Waals surface area contributed by atoms with Gasteiger partial charge in [0.1, 0.15) is 12.1 Å². The molecule has 0 saturated carbocycles. The third-order valence-electron chi connectivity index (χ3n) is 6.44. The normalized spacial score (nSPS) is 20.3. The number of carbonyl (C=O) groups excluding carboxylic acids is 2. The largest absolute Gasteiger partial charge is 0.480 e. The Morgan fingerprint density at radius 3 is 2.45 bits per heavy atom. The number of unbranched alkanes of at least 4 members (excludes halogenated alkanes) is 1. The zero-order chi connectivity index (χ0) is 27.9. The van der Waals surface area contributed by atoms with Crippen molar-refractivity contribution in [2.75, 3.05) is 26.3 Å². The van der Waals surface area contributed by atoms with Gasteiger partial charge in [0.15, 0.2) is 0 Å². The second-order valence-corrected chi connectivity index (χ2v) is 9.00. The highest BCUT2D eigenvalue weighted by Gasteiger charge is 2.42. The van der Waals surface area contributed by atoms with Crippen molar-refractivity contribution in [3.05, 3.63) is 46.0 Å². The molecule has 3 atom stereocenters. The molecule has 38 heavy (non-hydrogen) atoms. The zero-order valence-corrected chi connectivity index (χ0v) is 22.3. The number of benzene rings is 1. The van der Waals surface area contributed by atoms with E-state index in [0.29, 0.717) is 64.5 Å². The lowest BCUT2D eigenvalue weighted by Crippen LogP contribution is -2.61. The first-order valence-electron chi connectivity index (χ1n) is 13.4. The lowest BCUT2D eigenvalue weighted by molar-refractivity contribution is -0.757. The Morgan fingerprint density at radius 1 is 1.13 bits per heavy atom. The van der Waals surface area contributed by atoms with Crippen LogP contribution < -0.4 is 5.32 Å². The summed E-state index contributed by atoms with van der Waals surface area (Å²) in [5.74, 6) is -1.88. The molecule has 1 aromatic rings. The lowest BCUT2D eigenvalue weighted by atomic mass is 10.0. The van der Waals surface area contributed by atoms with Gasteiger partial charge in [0.25, 0.3) is 11.0 Å². The number of carboxylic acid groups (broad SMARTS) is 1. The van der Waals surface area contributed by atoms with Gasteiger partial charge in [-0.15, -0.1) is 10.1 Å². The monoisotopic (exact) mass is 536 g/mol. The number of carbonyl (C=O) groups is 3. The van der Waals surface area contributed by atoms with Crippen LogP contribution >= 0.6 is 0 Å². The van der Waals surface area contributed by atoms with E-state index in [9.17, 15) is 29.6 Å². The molecule has 0 bridgehead atoms. The van der Waals surface area contributed by atoms with Gasteiger partial charge in [-0.05, 0) is 56.9 Å². The van der Waals surface area contributed by atoms with Crippen molar-refractivity contribution < 1.29 is 34.2 Å².